The summed E-state index contributed by atoms with van der Waals surface area (Å²) in [4.78, 5) is 22.8. The summed E-state index contributed by atoms with van der Waals surface area (Å²) >= 11 is 0. The van der Waals surface area contributed by atoms with Crippen molar-refractivity contribution in [3.63, 3.8) is 0 Å². The Kier molecular flexibility index (Phi) is 3.28. The zero-order valence-electron chi connectivity index (χ0n) is 9.96. The van der Waals surface area contributed by atoms with E-state index in [0.717, 1.165) is 16.8 Å². The quantitative estimate of drug-likeness (QED) is 0.872. The van der Waals surface area contributed by atoms with Crippen molar-refractivity contribution in [1.82, 2.24) is 9.78 Å². The number of carbonyl (C=O) groups is 1. The molecule has 98 valence electrons. The van der Waals surface area contributed by atoms with E-state index in [1.165, 1.54) is 25.3 Å². The first-order valence-corrected chi connectivity index (χ1v) is 5.27. The lowest BCUT2D eigenvalue weighted by Gasteiger charge is -2.10. The van der Waals surface area contributed by atoms with Crippen molar-refractivity contribution in [3.8, 4) is 11.4 Å². The highest BCUT2D eigenvalue weighted by Crippen LogP contribution is 2.23. The molecule has 0 aliphatic carbocycles. The van der Waals surface area contributed by atoms with Crippen LogP contribution in [-0.2, 0) is 0 Å². The van der Waals surface area contributed by atoms with Gasteiger partial charge in [0, 0.05) is 6.07 Å². The number of amides is 1. The zero-order valence-corrected chi connectivity index (χ0v) is 9.96. The molecule has 7 heteroatoms. The lowest BCUT2D eigenvalue weighted by molar-refractivity contribution is 0.0993. The van der Waals surface area contributed by atoms with Crippen LogP contribution in [0.4, 0.5) is 4.39 Å². The predicted molar refractivity (Wildman–Crippen MR) is 64.9 cm³/mol. The Morgan fingerprint density at radius 1 is 1.37 bits per heavy atom. The Morgan fingerprint density at radius 3 is 2.74 bits per heavy atom. The van der Waals surface area contributed by atoms with Gasteiger partial charge in [0.15, 0.2) is 5.82 Å². The topological polar surface area (TPSA) is 87.2 Å². The van der Waals surface area contributed by atoms with Gasteiger partial charge < -0.3 is 10.5 Å². The second-order valence-corrected chi connectivity index (χ2v) is 3.62. The first-order chi connectivity index (χ1) is 9.04. The lowest BCUT2D eigenvalue weighted by atomic mass is 10.2. The van der Waals surface area contributed by atoms with Gasteiger partial charge in [-0.3, -0.25) is 9.59 Å². The number of carbonyl (C=O) groups excluding carboxylic acids is 1. The van der Waals surface area contributed by atoms with Gasteiger partial charge in [0.1, 0.15) is 17.1 Å². The average molecular weight is 263 g/mol. The van der Waals surface area contributed by atoms with Crippen molar-refractivity contribution in [2.24, 2.45) is 5.73 Å². The van der Waals surface area contributed by atoms with Crippen LogP contribution in [0, 0.1) is 5.82 Å². The largest absolute Gasteiger partial charge is 0.494 e. The molecule has 1 heterocycles. The highest BCUT2D eigenvalue weighted by atomic mass is 19.1. The molecule has 1 amide bonds. The van der Waals surface area contributed by atoms with Crippen molar-refractivity contribution in [3.05, 3.63) is 52.2 Å². The van der Waals surface area contributed by atoms with Crippen LogP contribution < -0.4 is 16.0 Å². The molecule has 2 N–H and O–H groups in total. The molecule has 2 aromatic rings. The van der Waals surface area contributed by atoms with Crippen molar-refractivity contribution in [2.45, 2.75) is 0 Å². The highest BCUT2D eigenvalue weighted by Gasteiger charge is 2.15. The van der Waals surface area contributed by atoms with E-state index in [-0.39, 0.29) is 17.1 Å². The molecule has 19 heavy (non-hydrogen) atoms. The molecule has 1 aromatic carbocycles. The van der Waals surface area contributed by atoms with Gasteiger partial charge in [0.2, 0.25) is 0 Å². The maximum Gasteiger partial charge on any atom is 0.271 e. The Bertz CT molecular complexity index is 697. The number of para-hydroxylation sites is 1. The molecule has 0 saturated heterocycles. The predicted octanol–water partition coefficient (Wildman–Crippen LogP) is 0.479. The molecule has 2 rings (SSSR count). The number of nitrogens with zero attached hydrogens (tertiary/aromatic N) is 2. The summed E-state index contributed by atoms with van der Waals surface area (Å²) in [6.07, 6.45) is 0. The molecule has 0 bridgehead atoms. The zero-order chi connectivity index (χ0) is 14.0. The van der Waals surface area contributed by atoms with Crippen LogP contribution in [-0.4, -0.2) is 22.8 Å². The number of benzene rings is 1. The van der Waals surface area contributed by atoms with Crippen LogP contribution in [0.25, 0.3) is 5.69 Å². The molecule has 6 nitrogen and oxygen atoms in total. The van der Waals surface area contributed by atoms with E-state index in [0.29, 0.717) is 0 Å². The fraction of sp³-hybridized carbons (Fsp3) is 0.0833. The van der Waals surface area contributed by atoms with E-state index in [9.17, 15) is 14.0 Å². The number of nitrogens with two attached hydrogens (primary N) is 1. The highest BCUT2D eigenvalue weighted by molar-refractivity contribution is 5.90. The summed E-state index contributed by atoms with van der Waals surface area (Å²) < 4.78 is 19.6. The Morgan fingerprint density at radius 2 is 2.11 bits per heavy atom. The fourth-order valence-corrected chi connectivity index (χ4v) is 1.57. The molecule has 0 unspecified atom stereocenters. The number of hydrogen-bond acceptors (Lipinski definition) is 4. The van der Waals surface area contributed by atoms with Crippen molar-refractivity contribution in [1.29, 1.82) is 0 Å². The van der Waals surface area contributed by atoms with E-state index in [1.807, 2.05) is 0 Å². The Hall–Kier alpha value is -2.70. The van der Waals surface area contributed by atoms with Crippen LogP contribution in [0.15, 0.2) is 35.1 Å². The van der Waals surface area contributed by atoms with Gasteiger partial charge in [-0.1, -0.05) is 6.07 Å². The minimum absolute atomic E-state index is 0.122. The first-order valence-electron chi connectivity index (χ1n) is 5.27. The Labute approximate surface area is 107 Å². The molecule has 0 radical (unpaired) electrons. The molecule has 0 saturated carbocycles. The first kappa shape index (κ1) is 12.7. The molecule has 0 spiro atoms. The van der Waals surface area contributed by atoms with Crippen molar-refractivity contribution < 1.29 is 13.9 Å². The van der Waals surface area contributed by atoms with E-state index in [4.69, 9.17) is 10.5 Å². The summed E-state index contributed by atoms with van der Waals surface area (Å²) in [5.74, 6) is -1.39. The summed E-state index contributed by atoms with van der Waals surface area (Å²) in [6.45, 7) is 0. The van der Waals surface area contributed by atoms with Crippen molar-refractivity contribution >= 4 is 5.91 Å². The van der Waals surface area contributed by atoms with E-state index in [2.05, 4.69) is 5.10 Å². The number of hydrogen-bond donors (Lipinski definition) is 1. The number of rotatable bonds is 3. The minimum Gasteiger partial charge on any atom is -0.494 e. The second kappa shape index (κ2) is 4.89. The summed E-state index contributed by atoms with van der Waals surface area (Å²) in [7, 11) is 1.33. The number of halogens is 1. The third kappa shape index (κ3) is 2.30. The van der Waals surface area contributed by atoms with Crippen molar-refractivity contribution in [2.75, 3.05) is 7.11 Å². The Balaban J connectivity index is 2.75. The SMILES string of the molecule is COc1cccc(F)c1-n1nc(C(N)=O)ccc1=O. The monoisotopic (exact) mass is 263 g/mol. The number of methoxy groups -OCH3 is 1. The summed E-state index contributed by atoms with van der Waals surface area (Å²) in [6, 6.07) is 6.32. The van der Waals surface area contributed by atoms with Gasteiger partial charge in [0.05, 0.1) is 7.11 Å². The molecule has 0 fully saturated rings. The molecule has 0 aliphatic rings. The van der Waals surface area contributed by atoms with Gasteiger partial charge in [-0.05, 0) is 18.2 Å². The average Bonchev–Trinajstić information content (AvgIpc) is 2.39. The van der Waals surface area contributed by atoms with Gasteiger partial charge in [-0.15, -0.1) is 0 Å². The fourth-order valence-electron chi connectivity index (χ4n) is 1.57. The smallest absolute Gasteiger partial charge is 0.271 e. The van der Waals surface area contributed by atoms with Crippen LogP contribution in [0.3, 0.4) is 0 Å². The number of aromatic nitrogens is 2. The molecule has 0 atom stereocenters. The maximum atomic E-state index is 13.8. The van der Waals surface area contributed by atoms with Crippen LogP contribution in [0.5, 0.6) is 5.75 Å². The third-order valence-corrected chi connectivity index (χ3v) is 2.43. The molecular weight excluding hydrogens is 253 g/mol. The third-order valence-electron chi connectivity index (χ3n) is 2.43. The van der Waals surface area contributed by atoms with E-state index in [1.54, 1.807) is 0 Å². The normalized spacial score (nSPS) is 10.2. The van der Waals surface area contributed by atoms with E-state index >= 15 is 0 Å². The van der Waals surface area contributed by atoms with Gasteiger partial charge >= 0.3 is 0 Å². The van der Waals surface area contributed by atoms with Gasteiger partial charge in [-0.2, -0.15) is 9.78 Å². The standard InChI is InChI=1S/C12H10FN3O3/c1-19-9-4-2-3-7(13)11(9)16-10(17)6-5-8(15-16)12(14)18/h2-6H,1H3,(H2,14,18). The molecular formula is C12H10FN3O3. The van der Waals surface area contributed by atoms with Crippen LogP contribution >= 0.6 is 0 Å². The maximum absolute atomic E-state index is 13.8. The van der Waals surface area contributed by atoms with Crippen LogP contribution in [0.1, 0.15) is 10.5 Å². The van der Waals surface area contributed by atoms with Gasteiger partial charge in [-0.25, -0.2) is 4.39 Å². The number of primary amides is 1. The summed E-state index contributed by atoms with van der Waals surface area (Å²) in [5.41, 5.74) is 4.16. The lowest BCUT2D eigenvalue weighted by Crippen LogP contribution is -2.26. The van der Waals surface area contributed by atoms with Crippen LogP contribution in [0.2, 0.25) is 0 Å². The summed E-state index contributed by atoms with van der Waals surface area (Å²) in [5, 5.41) is 3.72. The minimum atomic E-state index is -0.816. The number of ether oxygens (including phenoxy) is 1. The molecule has 1 aromatic heterocycles. The van der Waals surface area contributed by atoms with E-state index < -0.39 is 17.3 Å². The second-order valence-electron chi connectivity index (χ2n) is 3.62. The van der Waals surface area contributed by atoms with Gasteiger partial charge in [0.25, 0.3) is 11.5 Å². The molecule has 0 aliphatic heterocycles.